The molecular weight excluding hydrogens is 423 g/mol. The molecule has 0 bridgehead atoms. The summed E-state index contributed by atoms with van der Waals surface area (Å²) in [6, 6.07) is 9.21. The van der Waals surface area contributed by atoms with Crippen molar-refractivity contribution in [3.8, 4) is 0 Å². The molecule has 0 saturated heterocycles. The fraction of sp³-hybridized carbons (Fsp3) is 0.222. The van der Waals surface area contributed by atoms with E-state index in [0.717, 1.165) is 4.70 Å². The molecule has 146 valence electrons. The number of nitro benzene ring substituents is 1. The normalized spacial score (nSPS) is 11.2. The fourth-order valence-electron chi connectivity index (χ4n) is 2.57. The Hall–Kier alpha value is -2.26. The Bertz CT molecular complexity index is 1050. The molecule has 1 amide bonds. The van der Waals surface area contributed by atoms with E-state index < -0.39 is 10.8 Å². The number of fused-ring (bicyclic) bond motifs is 1. The maximum absolute atomic E-state index is 13.3. The Morgan fingerprint density at radius 2 is 1.82 bits per heavy atom. The molecule has 0 spiro atoms. The van der Waals surface area contributed by atoms with Gasteiger partial charge < -0.3 is 4.90 Å². The first-order valence-corrected chi connectivity index (χ1v) is 9.80. The van der Waals surface area contributed by atoms with Crippen LogP contribution < -0.4 is 4.90 Å². The summed E-state index contributed by atoms with van der Waals surface area (Å²) in [6.07, 6.45) is 0. The molecule has 1 aromatic heterocycles. The standard InChI is InChI=1S/C18H16Cl2N4O3S/c1-22(2)7-8-23(18-21-14-5-3-12(20)10-16(14)28-18)17(25)13-9-11(19)4-6-15(13)24(26)27/h3-6,9-10H,7-8H2,1-2H3. The average Bonchev–Trinajstić information content (AvgIpc) is 3.03. The van der Waals surface area contributed by atoms with E-state index in [2.05, 4.69) is 4.98 Å². The number of anilines is 1. The molecule has 0 aliphatic rings. The minimum Gasteiger partial charge on any atom is -0.308 e. The number of nitrogens with zero attached hydrogens (tertiary/aromatic N) is 4. The predicted octanol–water partition coefficient (Wildman–Crippen LogP) is 4.72. The number of carbonyl (C=O) groups is 1. The molecule has 0 aliphatic heterocycles. The van der Waals surface area contributed by atoms with Crippen molar-refractivity contribution < 1.29 is 9.72 Å². The van der Waals surface area contributed by atoms with Crippen LogP contribution in [-0.4, -0.2) is 47.9 Å². The van der Waals surface area contributed by atoms with E-state index in [1.54, 1.807) is 18.2 Å². The summed E-state index contributed by atoms with van der Waals surface area (Å²) < 4.78 is 0.825. The lowest BCUT2D eigenvalue weighted by molar-refractivity contribution is -0.385. The number of halogens is 2. The Morgan fingerprint density at radius 1 is 1.14 bits per heavy atom. The summed E-state index contributed by atoms with van der Waals surface area (Å²) in [7, 11) is 3.76. The maximum atomic E-state index is 13.3. The first-order valence-electron chi connectivity index (χ1n) is 8.23. The molecular formula is C18H16Cl2N4O3S. The van der Waals surface area contributed by atoms with Crippen LogP contribution in [0.25, 0.3) is 10.2 Å². The van der Waals surface area contributed by atoms with Crippen LogP contribution in [0.4, 0.5) is 10.8 Å². The number of hydrogen-bond acceptors (Lipinski definition) is 6. The van der Waals surface area contributed by atoms with Crippen LogP contribution in [0.2, 0.25) is 10.0 Å². The third-order valence-corrected chi connectivity index (χ3v) is 5.48. The van der Waals surface area contributed by atoms with Gasteiger partial charge in [-0.05, 0) is 44.4 Å². The highest BCUT2D eigenvalue weighted by molar-refractivity contribution is 7.22. The molecule has 0 N–H and O–H groups in total. The third kappa shape index (κ3) is 4.41. The SMILES string of the molecule is CN(C)CCN(C(=O)c1cc(Cl)ccc1[N+](=O)[O-])c1nc2ccc(Cl)cc2s1. The second kappa shape index (κ2) is 8.40. The maximum Gasteiger partial charge on any atom is 0.282 e. The van der Waals surface area contributed by atoms with Crippen molar-refractivity contribution in [2.24, 2.45) is 0 Å². The monoisotopic (exact) mass is 438 g/mol. The molecule has 2 aromatic carbocycles. The smallest absolute Gasteiger partial charge is 0.282 e. The van der Waals surface area contributed by atoms with E-state index in [9.17, 15) is 14.9 Å². The van der Waals surface area contributed by atoms with Gasteiger partial charge in [0.25, 0.3) is 11.6 Å². The lowest BCUT2D eigenvalue weighted by Gasteiger charge is -2.22. The summed E-state index contributed by atoms with van der Waals surface area (Å²) >= 11 is 13.3. The summed E-state index contributed by atoms with van der Waals surface area (Å²) in [6.45, 7) is 0.861. The van der Waals surface area contributed by atoms with Crippen LogP contribution >= 0.6 is 34.5 Å². The molecule has 7 nitrogen and oxygen atoms in total. The van der Waals surface area contributed by atoms with E-state index in [1.807, 2.05) is 19.0 Å². The number of nitro groups is 1. The van der Waals surface area contributed by atoms with Crippen molar-refractivity contribution in [3.63, 3.8) is 0 Å². The van der Waals surface area contributed by atoms with Gasteiger partial charge in [0.15, 0.2) is 5.13 Å². The summed E-state index contributed by atoms with van der Waals surface area (Å²) in [4.78, 5) is 31.9. The van der Waals surface area contributed by atoms with Gasteiger partial charge in [0, 0.05) is 29.2 Å². The predicted molar refractivity (Wildman–Crippen MR) is 113 cm³/mol. The second-order valence-electron chi connectivity index (χ2n) is 6.29. The van der Waals surface area contributed by atoms with Gasteiger partial charge in [-0.3, -0.25) is 19.8 Å². The zero-order valence-electron chi connectivity index (χ0n) is 15.1. The van der Waals surface area contributed by atoms with Gasteiger partial charge >= 0.3 is 0 Å². The zero-order valence-corrected chi connectivity index (χ0v) is 17.4. The van der Waals surface area contributed by atoms with Gasteiger partial charge in [-0.1, -0.05) is 34.5 Å². The number of aromatic nitrogens is 1. The largest absolute Gasteiger partial charge is 0.308 e. The number of likely N-dealkylation sites (N-methyl/N-ethyl adjacent to an activating group) is 1. The van der Waals surface area contributed by atoms with Gasteiger partial charge in [0.05, 0.1) is 15.1 Å². The lowest BCUT2D eigenvalue weighted by atomic mass is 10.1. The number of benzene rings is 2. The number of hydrogen-bond donors (Lipinski definition) is 0. The first-order chi connectivity index (χ1) is 13.3. The van der Waals surface area contributed by atoms with Crippen LogP contribution in [0.1, 0.15) is 10.4 Å². The van der Waals surface area contributed by atoms with Crippen LogP contribution in [0, 0.1) is 10.1 Å². The van der Waals surface area contributed by atoms with Crippen LogP contribution in [0.5, 0.6) is 0 Å². The van der Waals surface area contributed by atoms with E-state index in [0.29, 0.717) is 28.8 Å². The molecule has 3 rings (SSSR count). The summed E-state index contributed by atoms with van der Waals surface area (Å²) in [5.41, 5.74) is 0.328. The van der Waals surface area contributed by atoms with E-state index in [1.165, 1.54) is 34.4 Å². The van der Waals surface area contributed by atoms with E-state index in [-0.39, 0.29) is 16.3 Å². The molecule has 0 fully saturated rings. The zero-order chi connectivity index (χ0) is 20.4. The quantitative estimate of drug-likeness (QED) is 0.410. The molecule has 0 aliphatic carbocycles. The van der Waals surface area contributed by atoms with Gasteiger partial charge in [-0.25, -0.2) is 4.98 Å². The van der Waals surface area contributed by atoms with Crippen LogP contribution in [-0.2, 0) is 0 Å². The summed E-state index contributed by atoms with van der Waals surface area (Å²) in [5, 5.41) is 12.7. The Labute approximate surface area is 175 Å². The topological polar surface area (TPSA) is 79.6 Å². The average molecular weight is 439 g/mol. The van der Waals surface area contributed by atoms with Crippen molar-refractivity contribution in [2.45, 2.75) is 0 Å². The molecule has 3 aromatic rings. The number of rotatable bonds is 6. The van der Waals surface area contributed by atoms with Crippen LogP contribution in [0.15, 0.2) is 36.4 Å². The van der Waals surface area contributed by atoms with Crippen molar-refractivity contribution in [1.82, 2.24) is 9.88 Å². The number of thiazole rings is 1. The van der Waals surface area contributed by atoms with E-state index >= 15 is 0 Å². The first kappa shape index (κ1) is 20.5. The second-order valence-corrected chi connectivity index (χ2v) is 8.17. The minimum atomic E-state index is -0.591. The van der Waals surface area contributed by atoms with Crippen molar-refractivity contribution in [3.05, 3.63) is 62.1 Å². The third-order valence-electron chi connectivity index (χ3n) is 3.97. The van der Waals surface area contributed by atoms with Crippen molar-refractivity contribution in [1.29, 1.82) is 0 Å². The van der Waals surface area contributed by atoms with E-state index in [4.69, 9.17) is 23.2 Å². The minimum absolute atomic E-state index is 0.0754. The molecule has 1 heterocycles. The highest BCUT2D eigenvalue weighted by atomic mass is 35.5. The van der Waals surface area contributed by atoms with Crippen LogP contribution in [0.3, 0.4) is 0 Å². The van der Waals surface area contributed by atoms with Gasteiger partial charge in [-0.15, -0.1) is 0 Å². The number of amides is 1. The Morgan fingerprint density at radius 3 is 2.50 bits per heavy atom. The molecule has 28 heavy (non-hydrogen) atoms. The molecule has 0 radical (unpaired) electrons. The molecule has 0 atom stereocenters. The molecule has 10 heteroatoms. The van der Waals surface area contributed by atoms with Crippen molar-refractivity contribution >= 4 is 61.5 Å². The number of carbonyl (C=O) groups excluding carboxylic acids is 1. The highest BCUT2D eigenvalue weighted by Crippen LogP contribution is 2.33. The fourth-order valence-corrected chi connectivity index (χ4v) is 4.01. The summed E-state index contributed by atoms with van der Waals surface area (Å²) in [5.74, 6) is -0.527. The highest BCUT2D eigenvalue weighted by Gasteiger charge is 2.28. The van der Waals surface area contributed by atoms with Gasteiger partial charge in [0.1, 0.15) is 5.56 Å². The lowest BCUT2D eigenvalue weighted by Crippen LogP contribution is -2.37. The molecule has 0 saturated carbocycles. The molecule has 0 unspecified atom stereocenters. The van der Waals surface area contributed by atoms with Crippen molar-refractivity contribution in [2.75, 3.05) is 32.1 Å². The Kier molecular flexibility index (Phi) is 6.14. The van der Waals surface area contributed by atoms with Gasteiger partial charge in [-0.2, -0.15) is 0 Å². The Balaban J connectivity index is 2.07. The van der Waals surface area contributed by atoms with Gasteiger partial charge in [0.2, 0.25) is 0 Å².